The molecule has 0 fully saturated rings. The maximum Gasteiger partial charge on any atom is 0.103 e. The van der Waals surface area contributed by atoms with E-state index in [9.17, 15) is 5.11 Å². The summed E-state index contributed by atoms with van der Waals surface area (Å²) in [4.78, 5) is 3.41. The van der Waals surface area contributed by atoms with Crippen molar-refractivity contribution < 1.29 is 5.11 Å². The summed E-state index contributed by atoms with van der Waals surface area (Å²) in [6, 6.07) is 4.06. The fourth-order valence-electron chi connectivity index (χ4n) is 1.81. The number of rotatable bonds is 8. The lowest BCUT2D eigenvalue weighted by atomic mass is 10.1. The van der Waals surface area contributed by atoms with E-state index >= 15 is 0 Å². The summed E-state index contributed by atoms with van der Waals surface area (Å²) in [7, 11) is 0. The molecule has 2 atom stereocenters. The van der Waals surface area contributed by atoms with Gasteiger partial charge in [0.25, 0.3) is 0 Å². The molecule has 98 valence electrons. The van der Waals surface area contributed by atoms with Crippen LogP contribution < -0.4 is 5.32 Å². The van der Waals surface area contributed by atoms with Crippen molar-refractivity contribution in [3.05, 3.63) is 22.4 Å². The molecule has 1 aromatic rings. The minimum absolute atomic E-state index is 0.101. The molecular formula is C13H24N2OS. The Balaban J connectivity index is 2.27. The molecule has 4 heteroatoms. The molecule has 0 saturated carbocycles. The van der Waals surface area contributed by atoms with Crippen molar-refractivity contribution in [3.8, 4) is 0 Å². The third-order valence-electron chi connectivity index (χ3n) is 3.10. The Morgan fingerprint density at radius 1 is 1.41 bits per heavy atom. The zero-order valence-corrected chi connectivity index (χ0v) is 11.8. The number of hydrogen-bond acceptors (Lipinski definition) is 4. The molecule has 0 bridgehead atoms. The van der Waals surface area contributed by atoms with Gasteiger partial charge in [0.15, 0.2) is 0 Å². The van der Waals surface area contributed by atoms with Crippen LogP contribution >= 0.6 is 11.3 Å². The van der Waals surface area contributed by atoms with Gasteiger partial charge in [0, 0.05) is 24.0 Å². The van der Waals surface area contributed by atoms with Crippen molar-refractivity contribution in [3.63, 3.8) is 0 Å². The fourth-order valence-corrected chi connectivity index (χ4v) is 2.62. The predicted molar refractivity (Wildman–Crippen MR) is 74.5 cm³/mol. The van der Waals surface area contributed by atoms with E-state index < -0.39 is 6.10 Å². The summed E-state index contributed by atoms with van der Waals surface area (Å²) in [5, 5.41) is 15.5. The number of aliphatic hydroxyl groups is 1. The van der Waals surface area contributed by atoms with Gasteiger partial charge in [-0.05, 0) is 31.5 Å². The molecule has 17 heavy (non-hydrogen) atoms. The highest BCUT2D eigenvalue weighted by molar-refractivity contribution is 7.10. The quantitative estimate of drug-likeness (QED) is 0.748. The Bertz CT molecular complexity index is 286. The number of hydrogen-bond donors (Lipinski definition) is 2. The summed E-state index contributed by atoms with van der Waals surface area (Å²) in [5.74, 6) is 0. The summed E-state index contributed by atoms with van der Waals surface area (Å²) < 4.78 is 0. The zero-order valence-electron chi connectivity index (χ0n) is 11.0. The van der Waals surface area contributed by atoms with Gasteiger partial charge in [0.2, 0.25) is 0 Å². The Hall–Kier alpha value is -0.420. The molecule has 1 heterocycles. The van der Waals surface area contributed by atoms with E-state index in [4.69, 9.17) is 0 Å². The molecule has 2 unspecified atom stereocenters. The standard InChI is InChI=1S/C13H24N2OS/c1-4-15(5-2)9-8-14-11(3)13(16)12-7-6-10-17-12/h6-7,10-11,13-14,16H,4-5,8-9H2,1-3H3. The average molecular weight is 256 g/mol. The Kier molecular flexibility index (Phi) is 6.73. The van der Waals surface area contributed by atoms with Gasteiger partial charge in [0.05, 0.1) is 0 Å². The molecule has 0 aliphatic carbocycles. The number of likely N-dealkylation sites (N-methyl/N-ethyl adjacent to an activating group) is 1. The van der Waals surface area contributed by atoms with Crippen molar-refractivity contribution in [1.82, 2.24) is 10.2 Å². The highest BCUT2D eigenvalue weighted by Crippen LogP contribution is 2.21. The third-order valence-corrected chi connectivity index (χ3v) is 4.04. The van der Waals surface area contributed by atoms with Gasteiger partial charge in [-0.1, -0.05) is 19.9 Å². The number of nitrogens with one attached hydrogen (secondary N) is 1. The third kappa shape index (κ3) is 4.76. The monoisotopic (exact) mass is 256 g/mol. The van der Waals surface area contributed by atoms with Crippen LogP contribution in [0.3, 0.4) is 0 Å². The highest BCUT2D eigenvalue weighted by Gasteiger charge is 2.16. The van der Waals surface area contributed by atoms with Crippen molar-refractivity contribution in [2.45, 2.75) is 32.9 Å². The second-order valence-corrected chi connectivity index (χ2v) is 5.21. The number of aliphatic hydroxyl groups excluding tert-OH is 1. The van der Waals surface area contributed by atoms with E-state index in [0.717, 1.165) is 31.1 Å². The molecule has 1 rings (SSSR count). The largest absolute Gasteiger partial charge is 0.386 e. The maximum absolute atomic E-state index is 10.1. The first-order valence-electron chi connectivity index (χ1n) is 6.36. The normalized spacial score (nSPS) is 15.1. The Morgan fingerprint density at radius 3 is 2.65 bits per heavy atom. The van der Waals surface area contributed by atoms with Crippen LogP contribution in [0.5, 0.6) is 0 Å². The molecule has 0 aliphatic heterocycles. The molecule has 0 spiro atoms. The highest BCUT2D eigenvalue weighted by atomic mass is 32.1. The van der Waals surface area contributed by atoms with Gasteiger partial charge in [0.1, 0.15) is 6.10 Å². The molecule has 0 radical (unpaired) electrons. The second-order valence-electron chi connectivity index (χ2n) is 4.23. The maximum atomic E-state index is 10.1. The van der Waals surface area contributed by atoms with Crippen LogP contribution in [0.1, 0.15) is 31.8 Å². The summed E-state index contributed by atoms with van der Waals surface area (Å²) >= 11 is 1.61. The fraction of sp³-hybridized carbons (Fsp3) is 0.692. The predicted octanol–water partition coefficient (Wildman–Crippen LogP) is 2.10. The first kappa shape index (κ1) is 14.6. The van der Waals surface area contributed by atoms with E-state index in [2.05, 4.69) is 24.1 Å². The average Bonchev–Trinajstić information content (AvgIpc) is 2.87. The van der Waals surface area contributed by atoms with Gasteiger partial charge < -0.3 is 15.3 Å². The van der Waals surface area contributed by atoms with E-state index in [1.807, 2.05) is 24.4 Å². The molecule has 0 amide bonds. The second kappa shape index (κ2) is 7.82. The lowest BCUT2D eigenvalue weighted by molar-refractivity contribution is 0.137. The SMILES string of the molecule is CCN(CC)CCNC(C)C(O)c1cccs1. The minimum Gasteiger partial charge on any atom is -0.386 e. The smallest absolute Gasteiger partial charge is 0.103 e. The van der Waals surface area contributed by atoms with E-state index in [1.54, 1.807) is 11.3 Å². The van der Waals surface area contributed by atoms with Crippen molar-refractivity contribution in [2.24, 2.45) is 0 Å². The van der Waals surface area contributed by atoms with Gasteiger partial charge in [-0.25, -0.2) is 0 Å². The molecule has 0 aliphatic rings. The van der Waals surface area contributed by atoms with Crippen molar-refractivity contribution >= 4 is 11.3 Å². The van der Waals surface area contributed by atoms with E-state index in [1.165, 1.54) is 0 Å². The summed E-state index contributed by atoms with van der Waals surface area (Å²) in [6.45, 7) is 10.5. The zero-order chi connectivity index (χ0) is 12.7. The summed E-state index contributed by atoms with van der Waals surface area (Å²) in [5.41, 5.74) is 0. The Labute approximate surface area is 108 Å². The first-order chi connectivity index (χ1) is 8.19. The molecule has 1 aromatic heterocycles. The lowest BCUT2D eigenvalue weighted by Gasteiger charge is -2.22. The van der Waals surface area contributed by atoms with Crippen LogP contribution in [0.15, 0.2) is 17.5 Å². The molecule has 2 N–H and O–H groups in total. The molecule has 0 aromatic carbocycles. The van der Waals surface area contributed by atoms with Gasteiger partial charge in [-0.2, -0.15) is 0 Å². The van der Waals surface area contributed by atoms with Crippen LogP contribution in [0, 0.1) is 0 Å². The van der Waals surface area contributed by atoms with Crippen molar-refractivity contribution in [1.29, 1.82) is 0 Å². The lowest BCUT2D eigenvalue weighted by Crippen LogP contribution is -2.38. The minimum atomic E-state index is -0.397. The first-order valence-corrected chi connectivity index (χ1v) is 7.24. The van der Waals surface area contributed by atoms with Crippen LogP contribution in [-0.2, 0) is 0 Å². The van der Waals surface area contributed by atoms with Crippen LogP contribution in [0.2, 0.25) is 0 Å². The van der Waals surface area contributed by atoms with Crippen LogP contribution in [-0.4, -0.2) is 42.2 Å². The number of thiophene rings is 1. The topological polar surface area (TPSA) is 35.5 Å². The molecule has 0 saturated heterocycles. The van der Waals surface area contributed by atoms with Gasteiger partial charge in [-0.3, -0.25) is 0 Å². The van der Waals surface area contributed by atoms with Crippen LogP contribution in [0.25, 0.3) is 0 Å². The van der Waals surface area contributed by atoms with Gasteiger partial charge in [-0.15, -0.1) is 11.3 Å². The van der Waals surface area contributed by atoms with E-state index in [0.29, 0.717) is 0 Å². The van der Waals surface area contributed by atoms with Gasteiger partial charge >= 0.3 is 0 Å². The molecule has 3 nitrogen and oxygen atoms in total. The Morgan fingerprint density at radius 2 is 2.12 bits per heavy atom. The molecular weight excluding hydrogens is 232 g/mol. The summed E-state index contributed by atoms with van der Waals surface area (Å²) in [6.07, 6.45) is -0.397. The number of nitrogens with zero attached hydrogens (tertiary/aromatic N) is 1. The van der Waals surface area contributed by atoms with E-state index in [-0.39, 0.29) is 6.04 Å². The van der Waals surface area contributed by atoms with Crippen molar-refractivity contribution in [2.75, 3.05) is 26.2 Å². The van der Waals surface area contributed by atoms with Crippen LogP contribution in [0.4, 0.5) is 0 Å².